The van der Waals surface area contributed by atoms with Crippen molar-refractivity contribution < 1.29 is 0 Å². The summed E-state index contributed by atoms with van der Waals surface area (Å²) >= 11 is 0. The average Bonchev–Trinajstić information content (AvgIpc) is 4.32. The van der Waals surface area contributed by atoms with Crippen LogP contribution in [0.2, 0.25) is 0 Å². The van der Waals surface area contributed by atoms with Gasteiger partial charge in [0.25, 0.3) is 0 Å². The second-order valence-electron chi connectivity index (χ2n) is 20.4. The third-order valence-electron chi connectivity index (χ3n) is 16.5. The Kier molecular flexibility index (Phi) is 9.25. The quantitative estimate of drug-likeness (QED) is 0.155. The molecule has 354 valence electrons. The summed E-state index contributed by atoms with van der Waals surface area (Å²) in [7, 11) is 0. The van der Waals surface area contributed by atoms with E-state index in [1.165, 1.54) is 93.8 Å². The molecule has 0 unspecified atom stereocenters. The molecule has 0 bridgehead atoms. The first-order valence-electron chi connectivity index (χ1n) is 26.3. The van der Waals surface area contributed by atoms with Crippen LogP contribution in [-0.4, -0.2) is 9.13 Å². The number of anilines is 3. The van der Waals surface area contributed by atoms with Crippen molar-refractivity contribution in [3.63, 3.8) is 0 Å². The van der Waals surface area contributed by atoms with E-state index in [0.717, 1.165) is 45.0 Å². The first-order valence-corrected chi connectivity index (χ1v) is 26.3. The molecule has 1 spiro atoms. The molecular weight excluding hydrogens is 919 g/mol. The Bertz CT molecular complexity index is 4550. The highest BCUT2D eigenvalue weighted by molar-refractivity contribution is 6.15. The van der Waals surface area contributed by atoms with Gasteiger partial charge in [0.05, 0.1) is 38.9 Å². The molecule has 0 fully saturated rings. The fourth-order valence-corrected chi connectivity index (χ4v) is 13.4. The van der Waals surface area contributed by atoms with Gasteiger partial charge < -0.3 is 14.0 Å². The molecule has 2 aliphatic rings. The van der Waals surface area contributed by atoms with Crippen molar-refractivity contribution >= 4 is 60.7 Å². The van der Waals surface area contributed by atoms with Crippen LogP contribution >= 0.6 is 0 Å². The number of fused-ring (bicyclic) bond motifs is 15. The normalized spacial score (nSPS) is 12.8. The predicted molar refractivity (Wildman–Crippen MR) is 317 cm³/mol. The molecule has 3 heterocycles. The largest absolute Gasteiger partial charge is 0.310 e. The number of hydrogen-bond acceptors (Lipinski definition) is 1. The fraction of sp³-hybridized carbons (Fsp3) is 0.0137. The van der Waals surface area contributed by atoms with Crippen molar-refractivity contribution in [1.82, 2.24) is 9.13 Å². The first-order chi connectivity index (χ1) is 37.7. The molecule has 0 N–H and O–H groups in total. The molecule has 3 heteroatoms. The second-order valence-corrected chi connectivity index (χ2v) is 20.4. The summed E-state index contributed by atoms with van der Waals surface area (Å²) < 4.78 is 4.95. The molecule has 1 aliphatic carbocycles. The molecule has 2 aromatic heterocycles. The van der Waals surface area contributed by atoms with Gasteiger partial charge in [-0.1, -0.05) is 212 Å². The summed E-state index contributed by atoms with van der Waals surface area (Å²) in [4.78, 5) is 2.52. The zero-order valence-electron chi connectivity index (χ0n) is 41.5. The van der Waals surface area contributed by atoms with E-state index in [-0.39, 0.29) is 0 Å². The number of para-hydroxylation sites is 5. The number of benzene rings is 12. The van der Waals surface area contributed by atoms with Gasteiger partial charge in [0.15, 0.2) is 0 Å². The summed E-state index contributed by atoms with van der Waals surface area (Å²) in [6.07, 6.45) is 0. The number of aromatic nitrogens is 2. The molecule has 0 saturated carbocycles. The standard InChI is InChI=1S/C73H47N3/c1-2-20-48(21-3-1)50-22-18-24-52(44-50)56-26-6-13-35-67(56)74(53-42-40-49(41-43-53)51-23-19-25-54(45-51)75-68-36-14-7-29-59(68)60-30-8-15-37-69(60)75)55-46-62-61-31-9-16-38-70(61)76-71-39-17-12-34-65(71)73(66(47-55)72(62)76)63-32-10-4-27-57(63)58-28-5-11-33-64(58)73/h1-47H. The van der Waals surface area contributed by atoms with Crippen molar-refractivity contribution in [3.8, 4) is 55.9 Å². The molecule has 3 nitrogen and oxygen atoms in total. The lowest BCUT2D eigenvalue weighted by atomic mass is 9.65. The predicted octanol–water partition coefficient (Wildman–Crippen LogP) is 19.0. The first kappa shape index (κ1) is 42.5. The molecule has 16 rings (SSSR count). The van der Waals surface area contributed by atoms with Crippen molar-refractivity contribution in [3.05, 3.63) is 307 Å². The van der Waals surface area contributed by atoms with Gasteiger partial charge in [-0.25, -0.2) is 0 Å². The summed E-state index contributed by atoms with van der Waals surface area (Å²) in [6, 6.07) is 106. The van der Waals surface area contributed by atoms with Crippen molar-refractivity contribution in [1.29, 1.82) is 0 Å². The summed E-state index contributed by atoms with van der Waals surface area (Å²) in [5.74, 6) is 0. The van der Waals surface area contributed by atoms with Gasteiger partial charge in [0, 0.05) is 44.2 Å². The van der Waals surface area contributed by atoms with Crippen molar-refractivity contribution in [2.45, 2.75) is 5.41 Å². The van der Waals surface area contributed by atoms with Crippen LogP contribution in [-0.2, 0) is 5.41 Å². The van der Waals surface area contributed by atoms with E-state index in [4.69, 9.17) is 0 Å². The van der Waals surface area contributed by atoms with Gasteiger partial charge in [0.1, 0.15) is 0 Å². The second kappa shape index (κ2) is 16.5. The van der Waals surface area contributed by atoms with E-state index >= 15 is 0 Å². The molecule has 0 atom stereocenters. The van der Waals surface area contributed by atoms with Gasteiger partial charge >= 0.3 is 0 Å². The SMILES string of the molecule is c1ccc(-c2cccc(-c3ccccc3N(c3ccc(-c4cccc(-n5c6ccccc6c6ccccc65)c4)cc3)c3cc4c5c(c3)c3ccccc3n5-c3ccccc3C43c4ccccc4-c4ccccc43)c2)cc1. The Hall–Kier alpha value is -9.96. The highest BCUT2D eigenvalue weighted by Gasteiger charge is 2.51. The molecule has 76 heavy (non-hydrogen) atoms. The highest BCUT2D eigenvalue weighted by Crippen LogP contribution is 2.62. The van der Waals surface area contributed by atoms with Gasteiger partial charge in [-0.05, 0) is 134 Å². The Morgan fingerprint density at radius 1 is 0.276 bits per heavy atom. The Morgan fingerprint density at radius 2 is 0.776 bits per heavy atom. The van der Waals surface area contributed by atoms with E-state index in [9.17, 15) is 0 Å². The molecule has 1 aliphatic heterocycles. The Balaban J connectivity index is 0.946. The minimum Gasteiger partial charge on any atom is -0.310 e. The lowest BCUT2D eigenvalue weighted by Gasteiger charge is -2.40. The maximum absolute atomic E-state index is 2.55. The van der Waals surface area contributed by atoms with Crippen LogP contribution in [0.3, 0.4) is 0 Å². The summed E-state index contributed by atoms with van der Waals surface area (Å²) in [5, 5.41) is 4.97. The molecule has 0 radical (unpaired) electrons. The molecular formula is C73H47N3. The minimum absolute atomic E-state index is 0.594. The third-order valence-corrected chi connectivity index (χ3v) is 16.5. The van der Waals surface area contributed by atoms with E-state index in [1.54, 1.807) is 0 Å². The van der Waals surface area contributed by atoms with Crippen LogP contribution in [0.15, 0.2) is 285 Å². The van der Waals surface area contributed by atoms with E-state index < -0.39 is 5.41 Å². The van der Waals surface area contributed by atoms with Gasteiger partial charge in [-0.3, -0.25) is 0 Å². The van der Waals surface area contributed by atoms with Crippen molar-refractivity contribution in [2.75, 3.05) is 4.90 Å². The summed E-state index contributed by atoms with van der Waals surface area (Å²) in [5.41, 5.74) is 24.7. The van der Waals surface area contributed by atoms with E-state index in [0.29, 0.717) is 0 Å². The van der Waals surface area contributed by atoms with Gasteiger partial charge in [-0.2, -0.15) is 0 Å². The Morgan fingerprint density at radius 3 is 1.47 bits per heavy atom. The molecule has 0 saturated heterocycles. The zero-order valence-corrected chi connectivity index (χ0v) is 41.5. The topological polar surface area (TPSA) is 13.1 Å². The molecule has 14 aromatic rings. The number of hydrogen-bond donors (Lipinski definition) is 0. The summed E-state index contributed by atoms with van der Waals surface area (Å²) in [6.45, 7) is 0. The minimum atomic E-state index is -0.594. The lowest BCUT2D eigenvalue weighted by Crippen LogP contribution is -2.33. The molecule has 0 amide bonds. The maximum atomic E-state index is 2.55. The smallest absolute Gasteiger partial charge is 0.0755 e. The molecule has 12 aromatic carbocycles. The Labute approximate surface area is 441 Å². The van der Waals surface area contributed by atoms with E-state index in [1.807, 2.05) is 0 Å². The lowest BCUT2D eigenvalue weighted by molar-refractivity contribution is 0.748. The zero-order chi connectivity index (χ0) is 49.9. The van der Waals surface area contributed by atoms with Gasteiger partial charge in [-0.15, -0.1) is 0 Å². The fourth-order valence-electron chi connectivity index (χ4n) is 13.4. The van der Waals surface area contributed by atoms with Crippen molar-refractivity contribution in [2.24, 2.45) is 0 Å². The third kappa shape index (κ3) is 6.05. The van der Waals surface area contributed by atoms with Crippen LogP contribution in [0, 0.1) is 0 Å². The average molecular weight is 966 g/mol. The number of rotatable bonds is 7. The number of nitrogens with zero attached hydrogens (tertiary/aromatic N) is 3. The highest BCUT2D eigenvalue weighted by atomic mass is 15.1. The maximum Gasteiger partial charge on any atom is 0.0755 e. The van der Waals surface area contributed by atoms with Crippen LogP contribution in [0.4, 0.5) is 17.1 Å². The monoisotopic (exact) mass is 965 g/mol. The van der Waals surface area contributed by atoms with Crippen LogP contribution < -0.4 is 4.90 Å². The van der Waals surface area contributed by atoms with Crippen LogP contribution in [0.5, 0.6) is 0 Å². The van der Waals surface area contributed by atoms with Gasteiger partial charge in [0.2, 0.25) is 0 Å². The van der Waals surface area contributed by atoms with Crippen LogP contribution in [0.25, 0.3) is 99.5 Å². The van der Waals surface area contributed by atoms with Crippen LogP contribution in [0.1, 0.15) is 22.3 Å². The van der Waals surface area contributed by atoms with E-state index in [2.05, 4.69) is 299 Å².